The SMILES string of the molecule is CN1CCCC2CN(C[C@@H](N)CC3CC3)CCC21. The van der Waals surface area contributed by atoms with Gasteiger partial charge < -0.3 is 15.5 Å². The smallest absolute Gasteiger partial charge is 0.0170 e. The number of rotatable bonds is 4. The minimum Gasteiger partial charge on any atom is -0.327 e. The number of hydrogen-bond donors (Lipinski definition) is 1. The molecule has 1 saturated carbocycles. The summed E-state index contributed by atoms with van der Waals surface area (Å²) in [7, 11) is 2.31. The molecule has 18 heavy (non-hydrogen) atoms. The molecule has 3 aliphatic rings. The van der Waals surface area contributed by atoms with Crippen molar-refractivity contribution in [3.63, 3.8) is 0 Å². The van der Waals surface area contributed by atoms with Crippen molar-refractivity contribution < 1.29 is 0 Å². The van der Waals surface area contributed by atoms with Crippen LogP contribution >= 0.6 is 0 Å². The molecular formula is C15H29N3. The highest BCUT2D eigenvalue weighted by atomic mass is 15.2. The Bertz CT molecular complexity index is 277. The summed E-state index contributed by atoms with van der Waals surface area (Å²) < 4.78 is 0. The average molecular weight is 251 g/mol. The Morgan fingerprint density at radius 1 is 1.17 bits per heavy atom. The van der Waals surface area contributed by atoms with Crippen molar-refractivity contribution in [2.45, 2.75) is 50.6 Å². The molecule has 3 atom stereocenters. The molecule has 0 radical (unpaired) electrons. The van der Waals surface area contributed by atoms with Crippen LogP contribution < -0.4 is 5.73 Å². The van der Waals surface area contributed by atoms with Gasteiger partial charge in [-0.15, -0.1) is 0 Å². The Labute approximate surface area is 112 Å². The van der Waals surface area contributed by atoms with E-state index in [1.54, 1.807) is 0 Å². The lowest BCUT2D eigenvalue weighted by Crippen LogP contribution is -2.54. The third-order valence-corrected chi connectivity index (χ3v) is 5.26. The molecule has 3 fully saturated rings. The monoisotopic (exact) mass is 251 g/mol. The second-order valence-electron chi connectivity index (χ2n) is 6.94. The van der Waals surface area contributed by atoms with Crippen molar-refractivity contribution in [3.8, 4) is 0 Å². The van der Waals surface area contributed by atoms with Crippen LogP contribution in [-0.4, -0.2) is 55.1 Å². The maximum Gasteiger partial charge on any atom is 0.0170 e. The van der Waals surface area contributed by atoms with Crippen molar-refractivity contribution in [3.05, 3.63) is 0 Å². The summed E-state index contributed by atoms with van der Waals surface area (Å²) in [6, 6.07) is 1.28. The number of piperidine rings is 2. The highest BCUT2D eigenvalue weighted by Crippen LogP contribution is 2.34. The van der Waals surface area contributed by atoms with Crippen LogP contribution in [0.15, 0.2) is 0 Å². The predicted molar refractivity (Wildman–Crippen MR) is 75.5 cm³/mol. The first-order valence-electron chi connectivity index (χ1n) is 7.90. The van der Waals surface area contributed by atoms with Crippen molar-refractivity contribution in [2.24, 2.45) is 17.6 Å². The van der Waals surface area contributed by atoms with E-state index in [2.05, 4.69) is 16.8 Å². The van der Waals surface area contributed by atoms with Gasteiger partial charge in [0.1, 0.15) is 0 Å². The average Bonchev–Trinajstić information content (AvgIpc) is 3.13. The molecule has 1 aliphatic carbocycles. The summed E-state index contributed by atoms with van der Waals surface area (Å²) in [5.74, 6) is 1.88. The first-order valence-corrected chi connectivity index (χ1v) is 7.90. The molecule has 104 valence electrons. The van der Waals surface area contributed by atoms with Crippen LogP contribution in [-0.2, 0) is 0 Å². The quantitative estimate of drug-likeness (QED) is 0.822. The van der Waals surface area contributed by atoms with Crippen LogP contribution in [0.2, 0.25) is 0 Å². The zero-order chi connectivity index (χ0) is 12.5. The highest BCUT2D eigenvalue weighted by Gasteiger charge is 2.34. The molecular weight excluding hydrogens is 222 g/mol. The van der Waals surface area contributed by atoms with Crippen LogP contribution in [0.3, 0.4) is 0 Å². The van der Waals surface area contributed by atoms with Crippen LogP contribution in [0.1, 0.15) is 38.5 Å². The second-order valence-corrected chi connectivity index (χ2v) is 6.94. The van der Waals surface area contributed by atoms with Crippen LogP contribution in [0.5, 0.6) is 0 Å². The molecule has 2 aliphatic heterocycles. The van der Waals surface area contributed by atoms with Crippen LogP contribution in [0.25, 0.3) is 0 Å². The van der Waals surface area contributed by atoms with Gasteiger partial charge in [-0.3, -0.25) is 0 Å². The molecule has 0 aromatic heterocycles. The fraction of sp³-hybridized carbons (Fsp3) is 1.00. The zero-order valence-corrected chi connectivity index (χ0v) is 11.9. The van der Waals surface area contributed by atoms with Gasteiger partial charge in [0.2, 0.25) is 0 Å². The number of nitrogens with two attached hydrogens (primary N) is 1. The molecule has 3 rings (SSSR count). The number of likely N-dealkylation sites (tertiary alicyclic amines) is 2. The molecule has 0 bridgehead atoms. The molecule has 2 N–H and O–H groups in total. The fourth-order valence-electron chi connectivity index (χ4n) is 4.08. The lowest BCUT2D eigenvalue weighted by atomic mass is 9.84. The summed E-state index contributed by atoms with van der Waals surface area (Å²) in [5.41, 5.74) is 6.29. The third kappa shape index (κ3) is 3.06. The first kappa shape index (κ1) is 12.9. The van der Waals surface area contributed by atoms with Crippen molar-refractivity contribution >= 4 is 0 Å². The molecule has 0 spiro atoms. The fourth-order valence-corrected chi connectivity index (χ4v) is 4.08. The van der Waals surface area contributed by atoms with Crippen molar-refractivity contribution in [1.82, 2.24) is 9.80 Å². The Morgan fingerprint density at radius 3 is 2.78 bits per heavy atom. The van der Waals surface area contributed by atoms with Gasteiger partial charge in [-0.25, -0.2) is 0 Å². The van der Waals surface area contributed by atoms with Crippen LogP contribution in [0.4, 0.5) is 0 Å². The zero-order valence-electron chi connectivity index (χ0n) is 11.9. The van der Waals surface area contributed by atoms with E-state index in [-0.39, 0.29) is 0 Å². The van der Waals surface area contributed by atoms with Gasteiger partial charge in [0.05, 0.1) is 0 Å². The Balaban J connectivity index is 1.47. The van der Waals surface area contributed by atoms with Gasteiger partial charge in [0, 0.05) is 25.2 Å². The molecule has 3 heteroatoms. The van der Waals surface area contributed by atoms with E-state index in [0.29, 0.717) is 6.04 Å². The van der Waals surface area contributed by atoms with E-state index in [4.69, 9.17) is 5.73 Å². The summed E-state index contributed by atoms with van der Waals surface area (Å²) in [6.45, 7) is 5.02. The Hall–Kier alpha value is -0.120. The number of hydrogen-bond acceptors (Lipinski definition) is 3. The van der Waals surface area contributed by atoms with Gasteiger partial charge in [-0.05, 0) is 57.7 Å². The molecule has 0 aromatic carbocycles. The molecule has 2 heterocycles. The molecule has 0 aromatic rings. The number of nitrogens with zero attached hydrogens (tertiary/aromatic N) is 2. The lowest BCUT2D eigenvalue weighted by molar-refractivity contribution is 0.0359. The van der Waals surface area contributed by atoms with Crippen LogP contribution in [0, 0.1) is 11.8 Å². The highest BCUT2D eigenvalue weighted by molar-refractivity contribution is 4.90. The maximum absolute atomic E-state index is 6.29. The van der Waals surface area contributed by atoms with Gasteiger partial charge >= 0.3 is 0 Å². The van der Waals surface area contributed by atoms with E-state index in [9.17, 15) is 0 Å². The largest absolute Gasteiger partial charge is 0.327 e. The van der Waals surface area contributed by atoms with Gasteiger partial charge in [0.15, 0.2) is 0 Å². The first-order chi connectivity index (χ1) is 8.72. The van der Waals surface area contributed by atoms with Crippen molar-refractivity contribution in [1.29, 1.82) is 0 Å². The van der Waals surface area contributed by atoms with E-state index < -0.39 is 0 Å². The van der Waals surface area contributed by atoms with Gasteiger partial charge in [0.25, 0.3) is 0 Å². The van der Waals surface area contributed by atoms with E-state index in [1.165, 1.54) is 58.2 Å². The van der Waals surface area contributed by atoms with E-state index in [1.807, 2.05) is 0 Å². The second kappa shape index (κ2) is 5.48. The summed E-state index contributed by atoms with van der Waals surface area (Å²) in [4.78, 5) is 5.24. The Kier molecular flexibility index (Phi) is 3.92. The minimum absolute atomic E-state index is 0.426. The van der Waals surface area contributed by atoms with Gasteiger partial charge in [-0.2, -0.15) is 0 Å². The number of fused-ring (bicyclic) bond motifs is 1. The minimum atomic E-state index is 0.426. The van der Waals surface area contributed by atoms with Crippen molar-refractivity contribution in [2.75, 3.05) is 33.2 Å². The van der Waals surface area contributed by atoms with E-state index in [0.717, 1.165) is 24.4 Å². The lowest BCUT2D eigenvalue weighted by Gasteiger charge is -2.46. The Morgan fingerprint density at radius 2 is 2.00 bits per heavy atom. The summed E-state index contributed by atoms with van der Waals surface area (Å²) in [5, 5.41) is 0. The summed E-state index contributed by atoms with van der Waals surface area (Å²) in [6.07, 6.45) is 8.32. The molecule has 0 amide bonds. The summed E-state index contributed by atoms with van der Waals surface area (Å²) >= 11 is 0. The predicted octanol–water partition coefficient (Wildman–Crippen LogP) is 1.53. The maximum atomic E-state index is 6.29. The van der Waals surface area contributed by atoms with E-state index >= 15 is 0 Å². The molecule has 2 unspecified atom stereocenters. The normalized spacial score (nSPS) is 36.3. The standard InChI is InChI=1S/C15H29N3/c1-17-7-2-3-13-10-18(8-6-15(13)17)11-14(16)9-12-4-5-12/h12-15H,2-11,16H2,1H3/t13?,14-,15?/m0/s1. The van der Waals surface area contributed by atoms with Gasteiger partial charge in [-0.1, -0.05) is 12.8 Å². The molecule has 2 saturated heterocycles. The third-order valence-electron chi connectivity index (χ3n) is 5.26. The molecule has 3 nitrogen and oxygen atoms in total. The topological polar surface area (TPSA) is 32.5 Å².